The van der Waals surface area contributed by atoms with E-state index in [-0.39, 0.29) is 0 Å². The maximum absolute atomic E-state index is 5.50. The van der Waals surface area contributed by atoms with Crippen LogP contribution in [0.4, 0.5) is 5.82 Å². The molecule has 0 unspecified atom stereocenters. The van der Waals surface area contributed by atoms with E-state index in [1.165, 1.54) is 0 Å². The summed E-state index contributed by atoms with van der Waals surface area (Å²) in [4.78, 5) is 4.05. The second kappa shape index (κ2) is 5.18. The Balaban J connectivity index is 2.56. The van der Waals surface area contributed by atoms with Gasteiger partial charge in [0.05, 0.1) is 0 Å². The van der Waals surface area contributed by atoms with E-state index in [1.54, 1.807) is 6.07 Å². The number of anilines is 1. The Morgan fingerprint density at radius 2 is 2.38 bits per heavy atom. The van der Waals surface area contributed by atoms with Crippen LogP contribution in [0.5, 0.6) is 0 Å². The number of nitrogens with two attached hydrogens (primary N) is 1. The maximum Gasteiger partial charge on any atom is 0.124 e. The molecule has 1 aromatic heterocycles. The van der Waals surface area contributed by atoms with E-state index < -0.39 is 0 Å². The Morgan fingerprint density at radius 3 is 3.08 bits per heavy atom. The monoisotopic (exact) mass is 175 g/mol. The van der Waals surface area contributed by atoms with Gasteiger partial charge in [0.1, 0.15) is 11.5 Å². The van der Waals surface area contributed by atoms with Gasteiger partial charge in [-0.1, -0.05) is 12.0 Å². The van der Waals surface area contributed by atoms with Crippen molar-refractivity contribution in [1.29, 1.82) is 0 Å². The number of nitrogens with one attached hydrogen (secondary N) is 1. The van der Waals surface area contributed by atoms with Crippen molar-refractivity contribution in [3.05, 3.63) is 23.9 Å². The lowest BCUT2D eigenvalue weighted by atomic mass is 10.3. The van der Waals surface area contributed by atoms with E-state index >= 15 is 0 Å². The summed E-state index contributed by atoms with van der Waals surface area (Å²) in [5, 5.41) is 3.02. The number of pyridine rings is 1. The highest BCUT2D eigenvalue weighted by Gasteiger charge is 1.87. The molecule has 13 heavy (non-hydrogen) atoms. The molecular weight excluding hydrogens is 162 g/mol. The topological polar surface area (TPSA) is 50.9 Å². The van der Waals surface area contributed by atoms with Crippen molar-refractivity contribution in [2.75, 3.05) is 19.3 Å². The zero-order chi connectivity index (χ0) is 9.52. The molecule has 0 saturated carbocycles. The molecule has 0 bridgehead atoms. The van der Waals surface area contributed by atoms with Gasteiger partial charge in [-0.05, 0) is 25.1 Å². The summed E-state index contributed by atoms with van der Waals surface area (Å²) in [6.07, 6.45) is 0.826. The Hall–Kier alpha value is -1.53. The van der Waals surface area contributed by atoms with Crippen LogP contribution in [0.25, 0.3) is 0 Å². The second-order valence-corrected chi connectivity index (χ2v) is 2.60. The minimum Gasteiger partial charge on any atom is -0.384 e. The van der Waals surface area contributed by atoms with Crippen molar-refractivity contribution in [2.24, 2.45) is 0 Å². The molecule has 0 fully saturated rings. The predicted octanol–water partition coefficient (Wildman–Crippen LogP) is 0.625. The Bertz CT molecular complexity index is 322. The van der Waals surface area contributed by atoms with Crippen molar-refractivity contribution >= 4 is 5.82 Å². The molecular formula is C10H13N3. The van der Waals surface area contributed by atoms with Gasteiger partial charge in [-0.15, -0.1) is 0 Å². The summed E-state index contributed by atoms with van der Waals surface area (Å²) < 4.78 is 0. The fraction of sp³-hybridized carbons (Fsp3) is 0.300. The third-order valence-electron chi connectivity index (χ3n) is 1.49. The summed E-state index contributed by atoms with van der Waals surface area (Å²) in [5.41, 5.74) is 6.23. The summed E-state index contributed by atoms with van der Waals surface area (Å²) >= 11 is 0. The predicted molar refractivity (Wildman–Crippen MR) is 54.1 cm³/mol. The first-order valence-electron chi connectivity index (χ1n) is 4.19. The van der Waals surface area contributed by atoms with Gasteiger partial charge >= 0.3 is 0 Å². The van der Waals surface area contributed by atoms with Gasteiger partial charge in [-0.25, -0.2) is 4.98 Å². The van der Waals surface area contributed by atoms with Crippen LogP contribution < -0.4 is 11.1 Å². The maximum atomic E-state index is 5.50. The Labute approximate surface area is 78.4 Å². The van der Waals surface area contributed by atoms with Crippen LogP contribution in [0, 0.1) is 11.8 Å². The number of aromatic nitrogens is 1. The number of nitrogens with zero attached hydrogens (tertiary/aromatic N) is 1. The SMILES string of the molecule is CNCCC#Cc1cccc(N)n1. The van der Waals surface area contributed by atoms with E-state index in [4.69, 9.17) is 5.73 Å². The van der Waals surface area contributed by atoms with Gasteiger partial charge < -0.3 is 11.1 Å². The summed E-state index contributed by atoms with van der Waals surface area (Å²) in [6.45, 7) is 0.898. The zero-order valence-electron chi connectivity index (χ0n) is 7.67. The summed E-state index contributed by atoms with van der Waals surface area (Å²) in [7, 11) is 1.90. The van der Waals surface area contributed by atoms with Crippen LogP contribution in [-0.4, -0.2) is 18.6 Å². The first-order chi connectivity index (χ1) is 6.33. The van der Waals surface area contributed by atoms with E-state index in [1.807, 2.05) is 19.2 Å². The van der Waals surface area contributed by atoms with Crippen LogP contribution in [0.2, 0.25) is 0 Å². The molecule has 1 rings (SSSR count). The van der Waals surface area contributed by atoms with Crippen molar-refractivity contribution in [3.63, 3.8) is 0 Å². The lowest BCUT2D eigenvalue weighted by molar-refractivity contribution is 0.818. The van der Waals surface area contributed by atoms with Crippen LogP contribution in [0.3, 0.4) is 0 Å². The van der Waals surface area contributed by atoms with Crippen LogP contribution >= 0.6 is 0 Å². The van der Waals surface area contributed by atoms with Crippen molar-refractivity contribution in [1.82, 2.24) is 10.3 Å². The average Bonchev–Trinajstić information content (AvgIpc) is 2.13. The first-order valence-corrected chi connectivity index (χ1v) is 4.19. The quantitative estimate of drug-likeness (QED) is 0.512. The smallest absolute Gasteiger partial charge is 0.124 e. The molecule has 0 atom stereocenters. The van der Waals surface area contributed by atoms with Gasteiger partial charge in [0, 0.05) is 13.0 Å². The molecule has 0 aliphatic rings. The van der Waals surface area contributed by atoms with Crippen molar-refractivity contribution in [3.8, 4) is 11.8 Å². The molecule has 0 radical (unpaired) electrons. The van der Waals surface area contributed by atoms with Gasteiger partial charge in [-0.2, -0.15) is 0 Å². The lowest BCUT2D eigenvalue weighted by Crippen LogP contribution is -2.05. The largest absolute Gasteiger partial charge is 0.384 e. The summed E-state index contributed by atoms with van der Waals surface area (Å²) in [6, 6.07) is 5.45. The van der Waals surface area contributed by atoms with Crippen molar-refractivity contribution < 1.29 is 0 Å². The molecule has 68 valence electrons. The fourth-order valence-corrected chi connectivity index (χ4v) is 0.862. The number of nitrogen functional groups attached to an aromatic ring is 1. The number of rotatable bonds is 2. The molecule has 0 aliphatic heterocycles. The van der Waals surface area contributed by atoms with Crippen LogP contribution in [0.15, 0.2) is 18.2 Å². The van der Waals surface area contributed by atoms with E-state index in [2.05, 4.69) is 22.1 Å². The van der Waals surface area contributed by atoms with E-state index in [0.717, 1.165) is 18.7 Å². The lowest BCUT2D eigenvalue weighted by Gasteiger charge is -1.91. The summed E-state index contributed by atoms with van der Waals surface area (Å²) in [5.74, 6) is 6.45. The fourth-order valence-electron chi connectivity index (χ4n) is 0.862. The molecule has 0 amide bonds. The van der Waals surface area contributed by atoms with Gasteiger partial charge in [0.2, 0.25) is 0 Å². The first kappa shape index (κ1) is 9.56. The normalized spacial score (nSPS) is 9.00. The van der Waals surface area contributed by atoms with Crippen LogP contribution in [0.1, 0.15) is 12.1 Å². The minimum absolute atomic E-state index is 0.514. The molecule has 0 saturated heterocycles. The highest BCUT2D eigenvalue weighted by atomic mass is 14.8. The molecule has 1 heterocycles. The van der Waals surface area contributed by atoms with Gasteiger partial charge in [0.25, 0.3) is 0 Å². The standard InChI is InChI=1S/C10H13N3/c1-12-8-3-2-5-9-6-4-7-10(11)13-9/h4,6-7,12H,3,8H2,1H3,(H2,11,13). The molecule has 3 N–H and O–H groups in total. The zero-order valence-corrected chi connectivity index (χ0v) is 7.67. The molecule has 0 aliphatic carbocycles. The molecule has 0 aromatic carbocycles. The third-order valence-corrected chi connectivity index (χ3v) is 1.49. The molecule has 3 nitrogen and oxygen atoms in total. The second-order valence-electron chi connectivity index (χ2n) is 2.60. The van der Waals surface area contributed by atoms with Crippen molar-refractivity contribution in [2.45, 2.75) is 6.42 Å². The average molecular weight is 175 g/mol. The molecule has 0 spiro atoms. The number of hydrogen-bond acceptors (Lipinski definition) is 3. The third kappa shape index (κ3) is 3.59. The molecule has 1 aromatic rings. The van der Waals surface area contributed by atoms with E-state index in [9.17, 15) is 0 Å². The minimum atomic E-state index is 0.514. The Kier molecular flexibility index (Phi) is 3.80. The Morgan fingerprint density at radius 1 is 1.54 bits per heavy atom. The van der Waals surface area contributed by atoms with Gasteiger partial charge in [-0.3, -0.25) is 0 Å². The number of hydrogen-bond donors (Lipinski definition) is 2. The highest BCUT2D eigenvalue weighted by molar-refractivity contribution is 5.36. The highest BCUT2D eigenvalue weighted by Crippen LogP contribution is 1.97. The van der Waals surface area contributed by atoms with Gasteiger partial charge in [0.15, 0.2) is 0 Å². The van der Waals surface area contributed by atoms with E-state index in [0.29, 0.717) is 5.82 Å². The molecule has 3 heteroatoms. The van der Waals surface area contributed by atoms with Crippen LogP contribution in [-0.2, 0) is 0 Å².